The molecule has 4 heteroatoms. The maximum absolute atomic E-state index is 12.9. The van der Waals surface area contributed by atoms with Crippen LogP contribution in [0.1, 0.15) is 22.9 Å². The van der Waals surface area contributed by atoms with Crippen LogP contribution in [0.5, 0.6) is 0 Å². The normalized spacial score (nSPS) is 12.7. The Morgan fingerprint density at radius 2 is 2.13 bits per heavy atom. The van der Waals surface area contributed by atoms with Gasteiger partial charge in [0.25, 0.3) is 0 Å². The SMILES string of the molecule is Cc1cc(C(N)c2cncc(F)c2)co1. The number of nitrogens with zero attached hydrogens (tertiary/aromatic N) is 1. The van der Waals surface area contributed by atoms with Gasteiger partial charge in [-0.25, -0.2) is 4.39 Å². The van der Waals surface area contributed by atoms with Crippen molar-refractivity contribution in [1.82, 2.24) is 4.98 Å². The summed E-state index contributed by atoms with van der Waals surface area (Å²) in [5.41, 5.74) is 7.39. The molecular formula is C11H11FN2O. The van der Waals surface area contributed by atoms with E-state index in [1.54, 1.807) is 12.5 Å². The Morgan fingerprint density at radius 3 is 2.73 bits per heavy atom. The van der Waals surface area contributed by atoms with E-state index >= 15 is 0 Å². The summed E-state index contributed by atoms with van der Waals surface area (Å²) < 4.78 is 18.1. The Balaban J connectivity index is 2.32. The van der Waals surface area contributed by atoms with E-state index < -0.39 is 6.04 Å². The van der Waals surface area contributed by atoms with Crippen molar-refractivity contribution in [3.8, 4) is 0 Å². The fraction of sp³-hybridized carbons (Fsp3) is 0.182. The van der Waals surface area contributed by atoms with Crippen molar-refractivity contribution in [2.24, 2.45) is 5.73 Å². The van der Waals surface area contributed by atoms with E-state index in [-0.39, 0.29) is 5.82 Å². The zero-order chi connectivity index (χ0) is 10.8. The minimum atomic E-state index is -0.398. The van der Waals surface area contributed by atoms with Crippen molar-refractivity contribution >= 4 is 0 Å². The molecule has 0 fully saturated rings. The monoisotopic (exact) mass is 206 g/mol. The summed E-state index contributed by atoms with van der Waals surface area (Å²) in [7, 11) is 0. The molecule has 0 aliphatic heterocycles. The number of nitrogens with two attached hydrogens (primary N) is 1. The zero-order valence-corrected chi connectivity index (χ0v) is 8.27. The van der Waals surface area contributed by atoms with E-state index in [2.05, 4.69) is 4.98 Å². The number of hydrogen-bond acceptors (Lipinski definition) is 3. The third-order valence-corrected chi connectivity index (χ3v) is 2.20. The lowest BCUT2D eigenvalue weighted by Gasteiger charge is -2.08. The molecule has 0 aliphatic carbocycles. The maximum Gasteiger partial charge on any atom is 0.141 e. The number of furan rings is 1. The van der Waals surface area contributed by atoms with Crippen LogP contribution < -0.4 is 5.73 Å². The molecule has 0 aliphatic rings. The Bertz CT molecular complexity index is 467. The number of rotatable bonds is 2. The lowest BCUT2D eigenvalue weighted by molar-refractivity contribution is 0.530. The molecule has 0 saturated heterocycles. The number of hydrogen-bond donors (Lipinski definition) is 1. The van der Waals surface area contributed by atoms with Gasteiger partial charge in [0.2, 0.25) is 0 Å². The molecule has 3 nitrogen and oxygen atoms in total. The van der Waals surface area contributed by atoms with E-state index in [4.69, 9.17) is 10.2 Å². The van der Waals surface area contributed by atoms with Gasteiger partial charge in [-0.15, -0.1) is 0 Å². The highest BCUT2D eigenvalue weighted by Gasteiger charge is 2.12. The summed E-state index contributed by atoms with van der Waals surface area (Å²) in [5.74, 6) is 0.396. The van der Waals surface area contributed by atoms with Gasteiger partial charge >= 0.3 is 0 Å². The van der Waals surface area contributed by atoms with Crippen molar-refractivity contribution in [2.45, 2.75) is 13.0 Å². The van der Waals surface area contributed by atoms with E-state index in [0.29, 0.717) is 5.56 Å². The largest absolute Gasteiger partial charge is 0.469 e. The summed E-state index contributed by atoms with van der Waals surface area (Å²) in [6.45, 7) is 1.83. The van der Waals surface area contributed by atoms with Crippen molar-refractivity contribution in [3.63, 3.8) is 0 Å². The molecule has 2 heterocycles. The van der Waals surface area contributed by atoms with Crippen LogP contribution >= 0.6 is 0 Å². The average molecular weight is 206 g/mol. The molecule has 0 aromatic carbocycles. The molecule has 2 aromatic rings. The minimum Gasteiger partial charge on any atom is -0.469 e. The van der Waals surface area contributed by atoms with Gasteiger partial charge in [0, 0.05) is 11.8 Å². The Morgan fingerprint density at radius 1 is 1.33 bits per heavy atom. The van der Waals surface area contributed by atoms with Crippen LogP contribution in [-0.4, -0.2) is 4.98 Å². The molecule has 2 aromatic heterocycles. The van der Waals surface area contributed by atoms with Gasteiger partial charge in [0.15, 0.2) is 0 Å². The standard InChI is InChI=1S/C11H11FN2O/c1-7-2-9(6-15-7)11(13)8-3-10(12)5-14-4-8/h2-6,11H,13H2,1H3. The molecule has 1 atom stereocenters. The second-order valence-corrected chi connectivity index (χ2v) is 3.40. The number of halogens is 1. The van der Waals surface area contributed by atoms with Gasteiger partial charge in [0.05, 0.1) is 18.5 Å². The highest BCUT2D eigenvalue weighted by atomic mass is 19.1. The fourth-order valence-corrected chi connectivity index (χ4v) is 1.42. The van der Waals surface area contributed by atoms with Gasteiger partial charge < -0.3 is 10.2 Å². The molecule has 0 bridgehead atoms. The molecule has 0 radical (unpaired) electrons. The second kappa shape index (κ2) is 3.82. The van der Waals surface area contributed by atoms with Gasteiger partial charge in [-0.3, -0.25) is 4.98 Å². The number of pyridine rings is 1. The summed E-state index contributed by atoms with van der Waals surface area (Å²) >= 11 is 0. The lowest BCUT2D eigenvalue weighted by Crippen LogP contribution is -2.11. The second-order valence-electron chi connectivity index (χ2n) is 3.40. The molecule has 2 rings (SSSR count). The van der Waals surface area contributed by atoms with Gasteiger partial charge in [-0.1, -0.05) is 0 Å². The first-order chi connectivity index (χ1) is 7.16. The van der Waals surface area contributed by atoms with E-state index in [9.17, 15) is 4.39 Å². The molecule has 2 N–H and O–H groups in total. The first-order valence-corrected chi connectivity index (χ1v) is 4.58. The smallest absolute Gasteiger partial charge is 0.141 e. The van der Waals surface area contributed by atoms with Gasteiger partial charge in [0.1, 0.15) is 11.6 Å². The van der Waals surface area contributed by atoms with Crippen molar-refractivity contribution in [2.75, 3.05) is 0 Å². The first kappa shape index (κ1) is 9.86. The molecular weight excluding hydrogens is 195 g/mol. The molecule has 0 amide bonds. The van der Waals surface area contributed by atoms with Gasteiger partial charge in [-0.05, 0) is 24.6 Å². The summed E-state index contributed by atoms with van der Waals surface area (Å²) in [4.78, 5) is 3.75. The number of aryl methyl sites for hydroxylation is 1. The van der Waals surface area contributed by atoms with Gasteiger partial charge in [-0.2, -0.15) is 0 Å². The maximum atomic E-state index is 12.9. The predicted molar refractivity (Wildman–Crippen MR) is 53.7 cm³/mol. The van der Waals surface area contributed by atoms with Crippen LogP contribution in [0.25, 0.3) is 0 Å². The van der Waals surface area contributed by atoms with Crippen LogP contribution in [-0.2, 0) is 0 Å². The third-order valence-electron chi connectivity index (χ3n) is 2.20. The molecule has 1 unspecified atom stereocenters. The van der Waals surface area contributed by atoms with Crippen molar-refractivity contribution < 1.29 is 8.81 Å². The quantitative estimate of drug-likeness (QED) is 0.819. The van der Waals surface area contributed by atoms with E-state index in [0.717, 1.165) is 17.5 Å². The van der Waals surface area contributed by atoms with Crippen molar-refractivity contribution in [3.05, 3.63) is 53.5 Å². The Kier molecular flexibility index (Phi) is 2.51. The summed E-state index contributed by atoms with van der Waals surface area (Å²) in [5, 5.41) is 0. The molecule has 15 heavy (non-hydrogen) atoms. The first-order valence-electron chi connectivity index (χ1n) is 4.58. The van der Waals surface area contributed by atoms with Crippen LogP contribution in [0.4, 0.5) is 4.39 Å². The Labute approximate surface area is 86.7 Å². The molecule has 0 spiro atoms. The summed E-state index contributed by atoms with van der Waals surface area (Å²) in [6.07, 6.45) is 4.28. The van der Waals surface area contributed by atoms with Crippen molar-refractivity contribution in [1.29, 1.82) is 0 Å². The van der Waals surface area contributed by atoms with E-state index in [1.165, 1.54) is 6.07 Å². The zero-order valence-electron chi connectivity index (χ0n) is 8.27. The number of aromatic nitrogens is 1. The lowest BCUT2D eigenvalue weighted by atomic mass is 10.0. The highest BCUT2D eigenvalue weighted by Crippen LogP contribution is 2.21. The fourth-order valence-electron chi connectivity index (χ4n) is 1.42. The Hall–Kier alpha value is -1.68. The van der Waals surface area contributed by atoms with E-state index in [1.807, 2.05) is 13.0 Å². The molecule has 0 saturated carbocycles. The minimum absolute atomic E-state index is 0.386. The van der Waals surface area contributed by atoms with Crippen LogP contribution in [0.2, 0.25) is 0 Å². The average Bonchev–Trinajstić information content (AvgIpc) is 2.64. The topological polar surface area (TPSA) is 52.0 Å². The van der Waals surface area contributed by atoms with Crippen LogP contribution in [0.15, 0.2) is 35.2 Å². The van der Waals surface area contributed by atoms with Crippen LogP contribution in [0.3, 0.4) is 0 Å². The van der Waals surface area contributed by atoms with Crippen LogP contribution in [0, 0.1) is 12.7 Å². The third kappa shape index (κ3) is 2.05. The predicted octanol–water partition coefficient (Wildman–Crippen LogP) is 2.17. The molecule has 78 valence electrons. The summed E-state index contributed by atoms with van der Waals surface area (Å²) in [6, 6.07) is 2.81. The highest BCUT2D eigenvalue weighted by molar-refractivity contribution is 5.28.